The van der Waals surface area contributed by atoms with E-state index in [1.807, 2.05) is 0 Å². The van der Waals surface area contributed by atoms with Gasteiger partial charge >= 0.3 is 0 Å². The number of aromatic nitrogens is 1. The smallest absolute Gasteiger partial charge is 0.244 e. The van der Waals surface area contributed by atoms with Crippen molar-refractivity contribution >= 4 is 15.8 Å². The normalized spacial score (nSPS) is 11.6. The Bertz CT molecular complexity index is 462. The summed E-state index contributed by atoms with van der Waals surface area (Å²) in [7, 11) is -3.60. The van der Waals surface area contributed by atoms with Crippen LogP contribution >= 0.6 is 0 Å². The minimum absolute atomic E-state index is 0.00134. The molecule has 0 radical (unpaired) electrons. The Morgan fingerprint density at radius 1 is 1.44 bits per heavy atom. The van der Waals surface area contributed by atoms with Crippen molar-refractivity contribution in [1.29, 1.82) is 0 Å². The quantitative estimate of drug-likeness (QED) is 0.682. The Balaban J connectivity index is 2.44. The number of hydrogen-bond acceptors (Lipinski definition) is 5. The summed E-state index contributed by atoms with van der Waals surface area (Å²) in [4.78, 5) is 3.74. The standard InChI is InChI=1S/C11H19N3O3S/c1-2-3-8-17-9-7-14-18(15,16)10-5-4-6-13-11(10)12/h4-6,14H,2-3,7-9H2,1H3,(H2,12,13). The van der Waals surface area contributed by atoms with Gasteiger partial charge in [-0.2, -0.15) is 0 Å². The molecule has 0 aliphatic carbocycles. The summed E-state index contributed by atoms with van der Waals surface area (Å²) < 4.78 is 31.4. The molecule has 18 heavy (non-hydrogen) atoms. The van der Waals surface area contributed by atoms with E-state index in [9.17, 15) is 8.42 Å². The highest BCUT2D eigenvalue weighted by atomic mass is 32.2. The fourth-order valence-electron chi connectivity index (χ4n) is 1.30. The van der Waals surface area contributed by atoms with Gasteiger partial charge in [0.05, 0.1) is 6.61 Å². The van der Waals surface area contributed by atoms with Crippen molar-refractivity contribution in [2.24, 2.45) is 0 Å². The lowest BCUT2D eigenvalue weighted by atomic mass is 10.4. The van der Waals surface area contributed by atoms with E-state index in [1.165, 1.54) is 18.3 Å². The molecule has 1 aromatic heterocycles. The van der Waals surface area contributed by atoms with Gasteiger partial charge in [-0.1, -0.05) is 13.3 Å². The van der Waals surface area contributed by atoms with Gasteiger partial charge in [-0.05, 0) is 18.6 Å². The van der Waals surface area contributed by atoms with E-state index in [1.54, 1.807) is 0 Å². The Morgan fingerprint density at radius 2 is 2.22 bits per heavy atom. The number of sulfonamides is 1. The molecule has 3 N–H and O–H groups in total. The number of nitrogens with zero attached hydrogens (tertiary/aromatic N) is 1. The number of hydrogen-bond donors (Lipinski definition) is 2. The highest BCUT2D eigenvalue weighted by Gasteiger charge is 2.16. The van der Waals surface area contributed by atoms with Crippen LogP contribution in [-0.2, 0) is 14.8 Å². The molecule has 0 unspecified atom stereocenters. The van der Waals surface area contributed by atoms with Gasteiger partial charge in [0.2, 0.25) is 10.0 Å². The molecule has 0 saturated carbocycles. The molecule has 7 heteroatoms. The minimum Gasteiger partial charge on any atom is -0.383 e. The van der Waals surface area contributed by atoms with Gasteiger partial charge in [-0.3, -0.25) is 0 Å². The van der Waals surface area contributed by atoms with Crippen LogP contribution in [-0.4, -0.2) is 33.2 Å². The third kappa shape index (κ3) is 4.59. The SMILES string of the molecule is CCCCOCCNS(=O)(=O)c1cccnc1N. The second kappa shape index (κ2) is 7.30. The van der Waals surface area contributed by atoms with Crippen molar-refractivity contribution in [3.05, 3.63) is 18.3 Å². The van der Waals surface area contributed by atoms with Crippen LogP contribution in [0, 0.1) is 0 Å². The van der Waals surface area contributed by atoms with Crippen LogP contribution in [0.1, 0.15) is 19.8 Å². The number of nitrogens with one attached hydrogen (secondary N) is 1. The van der Waals surface area contributed by atoms with Crippen LogP contribution in [0.5, 0.6) is 0 Å². The van der Waals surface area contributed by atoms with E-state index >= 15 is 0 Å². The Hall–Kier alpha value is -1.18. The first-order valence-electron chi connectivity index (χ1n) is 5.86. The van der Waals surface area contributed by atoms with Gasteiger partial charge in [0.1, 0.15) is 10.7 Å². The molecule has 1 heterocycles. The summed E-state index contributed by atoms with van der Waals surface area (Å²) in [5.41, 5.74) is 5.52. The molecule has 0 spiro atoms. The Labute approximate surface area is 108 Å². The number of rotatable bonds is 8. The van der Waals surface area contributed by atoms with Crippen molar-refractivity contribution in [2.45, 2.75) is 24.7 Å². The van der Waals surface area contributed by atoms with E-state index in [-0.39, 0.29) is 17.3 Å². The van der Waals surface area contributed by atoms with Crippen molar-refractivity contribution in [3.8, 4) is 0 Å². The van der Waals surface area contributed by atoms with Crippen molar-refractivity contribution < 1.29 is 13.2 Å². The molecule has 0 amide bonds. The topological polar surface area (TPSA) is 94.3 Å². The monoisotopic (exact) mass is 273 g/mol. The highest BCUT2D eigenvalue weighted by molar-refractivity contribution is 7.89. The number of unbranched alkanes of at least 4 members (excludes halogenated alkanes) is 1. The molecule has 0 aliphatic rings. The van der Waals surface area contributed by atoms with E-state index in [0.29, 0.717) is 13.2 Å². The van der Waals surface area contributed by atoms with Gasteiger partial charge in [0, 0.05) is 19.3 Å². The molecule has 1 rings (SSSR count). The molecule has 102 valence electrons. The zero-order chi connectivity index (χ0) is 13.4. The van der Waals surface area contributed by atoms with Gasteiger partial charge < -0.3 is 10.5 Å². The summed E-state index contributed by atoms with van der Waals surface area (Å²) in [6.45, 7) is 3.28. The number of nitrogen functional groups attached to an aromatic ring is 1. The number of nitrogens with two attached hydrogens (primary N) is 1. The summed E-state index contributed by atoms with van der Waals surface area (Å²) in [6, 6.07) is 2.95. The van der Waals surface area contributed by atoms with Gasteiger partial charge in [0.25, 0.3) is 0 Å². The lowest BCUT2D eigenvalue weighted by molar-refractivity contribution is 0.136. The highest BCUT2D eigenvalue weighted by Crippen LogP contribution is 2.13. The predicted molar refractivity (Wildman–Crippen MR) is 69.6 cm³/mol. The molecule has 6 nitrogen and oxygen atoms in total. The maximum absolute atomic E-state index is 11.9. The third-order valence-electron chi connectivity index (χ3n) is 2.27. The summed E-state index contributed by atoms with van der Waals surface area (Å²) in [6.07, 6.45) is 3.47. The predicted octanol–water partition coefficient (Wildman–Crippen LogP) is 0.759. The van der Waals surface area contributed by atoms with E-state index < -0.39 is 10.0 Å². The van der Waals surface area contributed by atoms with Crippen molar-refractivity contribution in [1.82, 2.24) is 9.71 Å². The number of pyridine rings is 1. The number of ether oxygens (including phenoxy) is 1. The van der Waals surface area contributed by atoms with Crippen LogP contribution in [0.2, 0.25) is 0 Å². The van der Waals surface area contributed by atoms with Crippen LogP contribution in [0.3, 0.4) is 0 Å². The zero-order valence-corrected chi connectivity index (χ0v) is 11.2. The minimum atomic E-state index is -3.60. The van der Waals surface area contributed by atoms with Crippen LogP contribution in [0.15, 0.2) is 23.2 Å². The van der Waals surface area contributed by atoms with E-state index in [2.05, 4.69) is 16.6 Å². The maximum atomic E-state index is 11.9. The van der Waals surface area contributed by atoms with Crippen molar-refractivity contribution in [3.63, 3.8) is 0 Å². The average Bonchev–Trinajstić information content (AvgIpc) is 2.34. The Kier molecular flexibility index (Phi) is 6.03. The summed E-state index contributed by atoms with van der Waals surface area (Å²) in [5.74, 6) is -0.00287. The van der Waals surface area contributed by atoms with Gasteiger partial charge in [-0.15, -0.1) is 0 Å². The lowest BCUT2D eigenvalue weighted by Gasteiger charge is -2.08. The third-order valence-corrected chi connectivity index (χ3v) is 3.78. The average molecular weight is 273 g/mol. The van der Waals surface area contributed by atoms with Gasteiger partial charge in [-0.25, -0.2) is 18.1 Å². The van der Waals surface area contributed by atoms with Crippen LogP contribution in [0.4, 0.5) is 5.82 Å². The zero-order valence-electron chi connectivity index (χ0n) is 10.4. The first-order chi connectivity index (χ1) is 8.58. The van der Waals surface area contributed by atoms with Crippen LogP contribution in [0.25, 0.3) is 0 Å². The molecule has 0 fully saturated rings. The maximum Gasteiger partial charge on any atom is 0.244 e. The largest absolute Gasteiger partial charge is 0.383 e. The lowest BCUT2D eigenvalue weighted by Crippen LogP contribution is -2.28. The second-order valence-corrected chi connectivity index (χ2v) is 5.49. The summed E-state index contributed by atoms with van der Waals surface area (Å²) in [5, 5.41) is 0. The van der Waals surface area contributed by atoms with E-state index in [4.69, 9.17) is 10.5 Å². The molecule has 0 saturated heterocycles. The second-order valence-electron chi connectivity index (χ2n) is 3.75. The fraction of sp³-hybridized carbons (Fsp3) is 0.545. The van der Waals surface area contributed by atoms with E-state index in [0.717, 1.165) is 12.8 Å². The molecule has 0 aromatic carbocycles. The Morgan fingerprint density at radius 3 is 2.89 bits per heavy atom. The fourth-order valence-corrected chi connectivity index (χ4v) is 2.40. The summed E-state index contributed by atoms with van der Waals surface area (Å²) >= 11 is 0. The first-order valence-corrected chi connectivity index (χ1v) is 7.34. The molecular weight excluding hydrogens is 254 g/mol. The number of anilines is 1. The molecular formula is C11H19N3O3S. The van der Waals surface area contributed by atoms with Gasteiger partial charge in [0.15, 0.2) is 0 Å². The molecule has 1 aromatic rings. The van der Waals surface area contributed by atoms with Crippen molar-refractivity contribution in [2.75, 3.05) is 25.5 Å². The van der Waals surface area contributed by atoms with Crippen LogP contribution < -0.4 is 10.5 Å². The molecule has 0 aliphatic heterocycles. The molecule has 0 bridgehead atoms. The molecule has 0 atom stereocenters. The first kappa shape index (κ1) is 14.9.